The topological polar surface area (TPSA) is 57.8 Å². The standard InChI is InChI=1S/C18H16F3N3O/c1-11-12(3-6-16(23-11)18(19,20)21)4-7-17(25)24-14-5-2-13-8-9-22-15(13)10-14/h2-3,5-6,8-10,22H,4,7H2,1H3,(H,24,25). The second-order valence-electron chi connectivity index (χ2n) is 5.77. The average molecular weight is 347 g/mol. The number of nitrogens with one attached hydrogen (secondary N) is 2. The molecule has 0 aliphatic rings. The smallest absolute Gasteiger partial charge is 0.361 e. The molecule has 2 aromatic heterocycles. The van der Waals surface area contributed by atoms with Gasteiger partial charge in [-0.15, -0.1) is 0 Å². The second kappa shape index (κ2) is 6.58. The molecular weight excluding hydrogens is 331 g/mol. The number of rotatable bonds is 4. The van der Waals surface area contributed by atoms with Gasteiger partial charge in [0.1, 0.15) is 5.69 Å². The summed E-state index contributed by atoms with van der Waals surface area (Å²) < 4.78 is 37.8. The average Bonchev–Trinajstić information content (AvgIpc) is 3.00. The van der Waals surface area contributed by atoms with Gasteiger partial charge in [0.25, 0.3) is 0 Å². The van der Waals surface area contributed by atoms with Gasteiger partial charge in [-0.2, -0.15) is 13.2 Å². The second-order valence-corrected chi connectivity index (χ2v) is 5.77. The Balaban J connectivity index is 1.62. The van der Waals surface area contributed by atoms with Crippen LogP contribution >= 0.6 is 0 Å². The van der Waals surface area contributed by atoms with Gasteiger partial charge in [-0.1, -0.05) is 12.1 Å². The fourth-order valence-electron chi connectivity index (χ4n) is 2.61. The van der Waals surface area contributed by atoms with Crippen LogP contribution in [0.15, 0.2) is 42.6 Å². The van der Waals surface area contributed by atoms with E-state index in [-0.39, 0.29) is 18.0 Å². The monoisotopic (exact) mass is 347 g/mol. The summed E-state index contributed by atoms with van der Waals surface area (Å²) in [7, 11) is 0. The number of halogens is 3. The quantitative estimate of drug-likeness (QED) is 0.732. The number of aromatic amines is 1. The molecule has 0 saturated carbocycles. The van der Waals surface area contributed by atoms with Crippen molar-refractivity contribution in [3.8, 4) is 0 Å². The van der Waals surface area contributed by atoms with Crippen molar-refractivity contribution in [1.29, 1.82) is 0 Å². The molecule has 130 valence electrons. The van der Waals surface area contributed by atoms with Gasteiger partial charge in [0.15, 0.2) is 0 Å². The first kappa shape index (κ1) is 17.0. The molecule has 3 aromatic rings. The molecule has 0 atom stereocenters. The van der Waals surface area contributed by atoms with Crippen molar-refractivity contribution >= 4 is 22.5 Å². The summed E-state index contributed by atoms with van der Waals surface area (Å²) in [5, 5.41) is 3.84. The van der Waals surface area contributed by atoms with Crippen LogP contribution in [0.25, 0.3) is 10.9 Å². The molecule has 7 heteroatoms. The molecule has 4 nitrogen and oxygen atoms in total. The maximum absolute atomic E-state index is 12.6. The Bertz CT molecular complexity index is 915. The number of hydrogen-bond acceptors (Lipinski definition) is 2. The van der Waals surface area contributed by atoms with Crippen LogP contribution in [0.1, 0.15) is 23.4 Å². The maximum atomic E-state index is 12.6. The third kappa shape index (κ3) is 3.99. The predicted molar refractivity (Wildman–Crippen MR) is 89.2 cm³/mol. The van der Waals surface area contributed by atoms with Crippen LogP contribution in [0.2, 0.25) is 0 Å². The number of H-pyrrole nitrogens is 1. The van der Waals surface area contributed by atoms with E-state index in [0.29, 0.717) is 17.7 Å². The predicted octanol–water partition coefficient (Wildman–Crippen LogP) is 4.46. The Morgan fingerprint density at radius 2 is 2.00 bits per heavy atom. The van der Waals surface area contributed by atoms with Crippen LogP contribution in [0, 0.1) is 6.92 Å². The summed E-state index contributed by atoms with van der Waals surface area (Å²) in [5.74, 6) is -0.204. The number of fused-ring (bicyclic) bond motifs is 1. The van der Waals surface area contributed by atoms with Crippen molar-refractivity contribution < 1.29 is 18.0 Å². The zero-order chi connectivity index (χ0) is 18.0. The highest BCUT2D eigenvalue weighted by molar-refractivity contribution is 5.93. The number of pyridine rings is 1. The number of aromatic nitrogens is 2. The molecule has 3 rings (SSSR count). The number of aryl methyl sites for hydroxylation is 2. The molecule has 0 spiro atoms. The van der Waals surface area contributed by atoms with Crippen LogP contribution < -0.4 is 5.32 Å². The lowest BCUT2D eigenvalue weighted by Crippen LogP contribution is -2.14. The van der Waals surface area contributed by atoms with E-state index in [4.69, 9.17) is 0 Å². The number of carbonyl (C=O) groups excluding carboxylic acids is 1. The van der Waals surface area contributed by atoms with E-state index >= 15 is 0 Å². The highest BCUT2D eigenvalue weighted by Crippen LogP contribution is 2.28. The molecule has 0 bridgehead atoms. The molecule has 1 aromatic carbocycles. The number of anilines is 1. The fraction of sp³-hybridized carbons (Fsp3) is 0.222. The summed E-state index contributed by atoms with van der Waals surface area (Å²) in [4.78, 5) is 18.7. The third-order valence-corrected chi connectivity index (χ3v) is 3.95. The van der Waals surface area contributed by atoms with Crippen molar-refractivity contribution in [2.75, 3.05) is 5.32 Å². The number of benzene rings is 1. The van der Waals surface area contributed by atoms with Gasteiger partial charge in [0.05, 0.1) is 0 Å². The van der Waals surface area contributed by atoms with Crippen molar-refractivity contribution in [3.63, 3.8) is 0 Å². The molecular formula is C18H16F3N3O. The number of carbonyl (C=O) groups is 1. The van der Waals surface area contributed by atoms with Gasteiger partial charge < -0.3 is 10.3 Å². The highest BCUT2D eigenvalue weighted by Gasteiger charge is 2.32. The molecule has 0 radical (unpaired) electrons. The van der Waals surface area contributed by atoms with Gasteiger partial charge >= 0.3 is 6.18 Å². The lowest BCUT2D eigenvalue weighted by atomic mass is 10.1. The van der Waals surface area contributed by atoms with E-state index in [0.717, 1.165) is 17.0 Å². The van der Waals surface area contributed by atoms with Crippen LogP contribution in [0.5, 0.6) is 0 Å². The minimum absolute atomic E-state index is 0.163. The Morgan fingerprint density at radius 1 is 1.20 bits per heavy atom. The summed E-state index contributed by atoms with van der Waals surface area (Å²) in [6.45, 7) is 1.52. The van der Waals surface area contributed by atoms with Crippen LogP contribution in [-0.2, 0) is 17.4 Å². The Kier molecular flexibility index (Phi) is 4.48. The largest absolute Gasteiger partial charge is 0.433 e. The molecule has 25 heavy (non-hydrogen) atoms. The highest BCUT2D eigenvalue weighted by atomic mass is 19.4. The molecule has 0 aliphatic heterocycles. The van der Waals surface area contributed by atoms with E-state index < -0.39 is 11.9 Å². The van der Waals surface area contributed by atoms with Gasteiger partial charge in [-0.05, 0) is 48.6 Å². The normalized spacial score (nSPS) is 11.7. The van der Waals surface area contributed by atoms with Crippen LogP contribution in [-0.4, -0.2) is 15.9 Å². The summed E-state index contributed by atoms with van der Waals surface area (Å²) in [6.07, 6.45) is -2.15. The van der Waals surface area contributed by atoms with Gasteiger partial charge in [-0.3, -0.25) is 4.79 Å². The first-order valence-electron chi connectivity index (χ1n) is 7.73. The minimum Gasteiger partial charge on any atom is -0.361 e. The van der Waals surface area contributed by atoms with E-state index in [2.05, 4.69) is 15.3 Å². The van der Waals surface area contributed by atoms with Crippen molar-refractivity contribution in [3.05, 3.63) is 59.5 Å². The Hall–Kier alpha value is -2.83. The SMILES string of the molecule is Cc1nc(C(F)(F)F)ccc1CCC(=O)Nc1ccc2cc[nH]c2c1. The molecule has 0 fully saturated rings. The van der Waals surface area contributed by atoms with E-state index in [9.17, 15) is 18.0 Å². The van der Waals surface area contributed by atoms with Crippen LogP contribution in [0.3, 0.4) is 0 Å². The van der Waals surface area contributed by atoms with E-state index in [1.54, 1.807) is 6.07 Å². The summed E-state index contributed by atoms with van der Waals surface area (Å²) in [5.41, 5.74) is 1.58. The Morgan fingerprint density at radius 3 is 2.72 bits per heavy atom. The third-order valence-electron chi connectivity index (χ3n) is 3.95. The number of alkyl halides is 3. The number of nitrogens with zero attached hydrogens (tertiary/aromatic N) is 1. The zero-order valence-corrected chi connectivity index (χ0v) is 13.4. The van der Waals surface area contributed by atoms with Crippen molar-refractivity contribution in [1.82, 2.24) is 9.97 Å². The first-order chi connectivity index (χ1) is 11.8. The Labute approximate surface area is 142 Å². The van der Waals surface area contributed by atoms with Gasteiger partial charge in [-0.25, -0.2) is 4.98 Å². The zero-order valence-electron chi connectivity index (χ0n) is 13.4. The lowest BCUT2D eigenvalue weighted by Gasteiger charge is -2.10. The van der Waals surface area contributed by atoms with Gasteiger partial charge in [0.2, 0.25) is 5.91 Å². The van der Waals surface area contributed by atoms with E-state index in [1.165, 1.54) is 13.0 Å². The fourth-order valence-corrected chi connectivity index (χ4v) is 2.61. The molecule has 0 aliphatic carbocycles. The first-order valence-corrected chi connectivity index (χ1v) is 7.73. The lowest BCUT2D eigenvalue weighted by molar-refractivity contribution is -0.141. The van der Waals surface area contributed by atoms with Crippen molar-refractivity contribution in [2.45, 2.75) is 25.9 Å². The maximum Gasteiger partial charge on any atom is 0.433 e. The van der Waals surface area contributed by atoms with Gasteiger partial charge in [0, 0.05) is 29.5 Å². The summed E-state index contributed by atoms with van der Waals surface area (Å²) >= 11 is 0. The van der Waals surface area contributed by atoms with Crippen LogP contribution in [0.4, 0.5) is 18.9 Å². The van der Waals surface area contributed by atoms with Crippen molar-refractivity contribution in [2.24, 2.45) is 0 Å². The molecule has 1 amide bonds. The minimum atomic E-state index is -4.46. The molecule has 0 saturated heterocycles. The molecule has 0 unspecified atom stereocenters. The number of amides is 1. The number of hydrogen-bond donors (Lipinski definition) is 2. The molecule has 2 heterocycles. The molecule has 2 N–H and O–H groups in total. The van der Waals surface area contributed by atoms with E-state index in [1.807, 2.05) is 24.4 Å². The summed E-state index contributed by atoms with van der Waals surface area (Å²) in [6, 6.07) is 9.78.